The first-order chi connectivity index (χ1) is 29.8. The Morgan fingerprint density at radius 1 is 0.623 bits per heavy atom. The van der Waals surface area contributed by atoms with E-state index in [-0.39, 0.29) is 0 Å². The zero-order valence-electron chi connectivity index (χ0n) is 37.0. The maximum Gasteiger partial charge on any atom is 0.0722 e. The lowest BCUT2D eigenvalue weighted by Gasteiger charge is -2.31. The van der Waals surface area contributed by atoms with Crippen LogP contribution in [0.4, 0.5) is 0 Å². The minimum absolute atomic E-state index is 0.409. The fourth-order valence-corrected chi connectivity index (χ4v) is 8.58. The van der Waals surface area contributed by atoms with Crippen LogP contribution < -0.4 is 0 Å². The molecule has 0 aromatic heterocycles. The largest absolute Gasteiger partial charge is 0.124 e. The van der Waals surface area contributed by atoms with Crippen LogP contribution in [-0.4, -0.2) is 0 Å². The summed E-state index contributed by atoms with van der Waals surface area (Å²) in [5, 5.41) is 0. The molecule has 2 aliphatic rings. The van der Waals surface area contributed by atoms with Crippen molar-refractivity contribution in [3.8, 4) is 35.1 Å². The molecule has 0 bridgehead atoms. The normalized spacial score (nSPS) is 16.7. The van der Waals surface area contributed by atoms with Gasteiger partial charge in [-0.3, -0.25) is 0 Å². The van der Waals surface area contributed by atoms with Gasteiger partial charge in [-0.1, -0.05) is 222 Å². The van der Waals surface area contributed by atoms with Crippen LogP contribution in [0.5, 0.6) is 0 Å². The van der Waals surface area contributed by atoms with Crippen LogP contribution in [0.2, 0.25) is 0 Å². The topological polar surface area (TPSA) is 0 Å². The van der Waals surface area contributed by atoms with Gasteiger partial charge in [-0.05, 0) is 129 Å². The predicted molar refractivity (Wildman–Crippen MR) is 270 cm³/mol. The van der Waals surface area contributed by atoms with Crippen LogP contribution >= 0.6 is 0 Å². The molecule has 6 aromatic rings. The minimum Gasteiger partial charge on any atom is -0.124 e. The fourth-order valence-electron chi connectivity index (χ4n) is 8.58. The van der Waals surface area contributed by atoms with E-state index in [0.717, 1.165) is 24.0 Å². The molecule has 6 aromatic carbocycles. The first kappa shape index (κ1) is 45.1. The maximum atomic E-state index is 4.59. The monoisotopic (exact) mass is 792 g/mol. The van der Waals surface area contributed by atoms with Gasteiger partial charge in [0.25, 0.3) is 0 Å². The van der Waals surface area contributed by atoms with Gasteiger partial charge in [-0.15, -0.1) is 12.8 Å². The zero-order chi connectivity index (χ0) is 43.9. The Bertz CT molecular complexity index is 2600. The standard InChI is InChI=1S/C41H36.C16H16.C2H6.C2H2/c1-7-12-35-36-25-24-33(32-22-20-31(21-23-32)30-18-16-29(17-19-30)27(4)5)26-40(36)41(37(35)9-3)38(13-8-2)28(6)34-14-10-11-15-39(34)41;1-14(16-10-6-3-7-11-16)12-13-15-8-4-2-5-9-15;2*1-2/h8-26H,2,4,6-7H2,1,3,5H3;2-12H,13H2,1H3;1-2H3;1-2H/b35-12-,37-9+,38-13+;14-12+;;. The van der Waals surface area contributed by atoms with Gasteiger partial charge >= 0.3 is 0 Å². The molecule has 2 aliphatic carbocycles. The molecule has 0 heterocycles. The molecular weight excluding hydrogens is 733 g/mol. The molecule has 0 fully saturated rings. The van der Waals surface area contributed by atoms with Gasteiger partial charge in [-0.2, -0.15) is 0 Å². The lowest BCUT2D eigenvalue weighted by molar-refractivity contribution is 0.794. The second-order valence-electron chi connectivity index (χ2n) is 15.0. The van der Waals surface area contributed by atoms with Crippen LogP contribution in [0.1, 0.15) is 86.9 Å². The first-order valence-electron chi connectivity index (χ1n) is 21.4. The molecule has 8 rings (SSSR count). The van der Waals surface area contributed by atoms with Crippen LogP contribution in [-0.2, 0) is 11.8 Å². The molecule has 0 heteroatoms. The molecule has 0 saturated carbocycles. The van der Waals surface area contributed by atoms with E-state index in [4.69, 9.17) is 0 Å². The molecule has 0 radical (unpaired) electrons. The number of benzene rings is 6. The van der Waals surface area contributed by atoms with Gasteiger partial charge < -0.3 is 0 Å². The van der Waals surface area contributed by atoms with Crippen molar-refractivity contribution < 1.29 is 0 Å². The van der Waals surface area contributed by atoms with E-state index in [1.54, 1.807) is 0 Å². The first-order valence-corrected chi connectivity index (χ1v) is 21.4. The smallest absolute Gasteiger partial charge is 0.0722 e. The summed E-state index contributed by atoms with van der Waals surface area (Å²) in [6.45, 7) is 25.3. The van der Waals surface area contributed by atoms with Crippen molar-refractivity contribution in [2.24, 2.45) is 0 Å². The molecule has 61 heavy (non-hydrogen) atoms. The maximum absolute atomic E-state index is 4.59. The summed E-state index contributed by atoms with van der Waals surface area (Å²) in [7, 11) is 0. The fraction of sp³-hybridized carbons (Fsp3) is 0.148. The SMILES string of the molecule is C#C.C/C(=C\Cc1ccccc1)c1ccccc1.C=C/C=C1\C(=C)c2ccccc2C12C(=C/C)/C(=C\CC)c1ccc(-c3ccc(-c4ccc(C(=C)C)cc4)cc3)cc12.CC. The zero-order valence-corrected chi connectivity index (χ0v) is 37.0. The highest BCUT2D eigenvalue weighted by Gasteiger charge is 2.54. The Balaban J connectivity index is 0.000000294. The number of rotatable bonds is 8. The summed E-state index contributed by atoms with van der Waals surface area (Å²) in [4.78, 5) is 0. The summed E-state index contributed by atoms with van der Waals surface area (Å²) >= 11 is 0. The number of allylic oxidation sites excluding steroid dienone is 11. The highest BCUT2D eigenvalue weighted by molar-refractivity contribution is 6.03. The third kappa shape index (κ3) is 9.29. The molecule has 1 unspecified atom stereocenters. The Morgan fingerprint density at radius 2 is 1.16 bits per heavy atom. The predicted octanol–water partition coefficient (Wildman–Crippen LogP) is 16.8. The van der Waals surface area contributed by atoms with Gasteiger partial charge in [-0.25, -0.2) is 0 Å². The Hall–Kier alpha value is -6.94. The Labute approximate surface area is 367 Å². The van der Waals surface area contributed by atoms with Crippen LogP contribution in [0, 0.1) is 12.8 Å². The van der Waals surface area contributed by atoms with E-state index in [9.17, 15) is 0 Å². The second kappa shape index (κ2) is 21.4. The molecular formula is C61H60. The molecule has 1 spiro atoms. The lowest BCUT2D eigenvalue weighted by atomic mass is 9.69. The van der Waals surface area contributed by atoms with Crippen molar-refractivity contribution in [1.82, 2.24) is 0 Å². The van der Waals surface area contributed by atoms with Crippen LogP contribution in [0.25, 0.3) is 44.5 Å². The molecule has 0 saturated heterocycles. The molecule has 0 amide bonds. The number of hydrogen-bond donors (Lipinski definition) is 0. The minimum atomic E-state index is -0.409. The van der Waals surface area contributed by atoms with Gasteiger partial charge in [0.2, 0.25) is 0 Å². The van der Waals surface area contributed by atoms with Crippen molar-refractivity contribution in [2.75, 3.05) is 0 Å². The van der Waals surface area contributed by atoms with Gasteiger partial charge in [0, 0.05) is 0 Å². The third-order valence-electron chi connectivity index (χ3n) is 11.4. The average Bonchev–Trinajstić information content (AvgIpc) is 3.74. The quantitative estimate of drug-likeness (QED) is 0.135. The van der Waals surface area contributed by atoms with Gasteiger partial charge in [0.1, 0.15) is 0 Å². The molecule has 304 valence electrons. The summed E-state index contributed by atoms with van der Waals surface area (Å²) in [6.07, 6.45) is 21.0. The second-order valence-corrected chi connectivity index (χ2v) is 15.0. The molecule has 0 aliphatic heterocycles. The number of hydrogen-bond acceptors (Lipinski definition) is 0. The summed E-state index contributed by atoms with van der Waals surface area (Å²) in [5.74, 6) is 0. The summed E-state index contributed by atoms with van der Waals surface area (Å²) < 4.78 is 0. The van der Waals surface area contributed by atoms with Crippen molar-refractivity contribution in [1.29, 1.82) is 0 Å². The number of fused-ring (bicyclic) bond motifs is 4. The van der Waals surface area contributed by atoms with Crippen molar-refractivity contribution in [3.63, 3.8) is 0 Å². The molecule has 0 nitrogen and oxygen atoms in total. The highest BCUT2D eigenvalue weighted by Crippen LogP contribution is 2.64. The van der Waals surface area contributed by atoms with E-state index in [1.807, 2.05) is 32.9 Å². The van der Waals surface area contributed by atoms with Crippen LogP contribution in [0.3, 0.4) is 0 Å². The van der Waals surface area contributed by atoms with E-state index >= 15 is 0 Å². The van der Waals surface area contributed by atoms with E-state index < -0.39 is 5.41 Å². The van der Waals surface area contributed by atoms with Crippen molar-refractivity contribution in [3.05, 3.63) is 252 Å². The average molecular weight is 793 g/mol. The lowest BCUT2D eigenvalue weighted by Crippen LogP contribution is -2.26. The van der Waals surface area contributed by atoms with Crippen LogP contribution in [0.15, 0.2) is 213 Å². The van der Waals surface area contributed by atoms with Gasteiger partial charge in [0.15, 0.2) is 0 Å². The van der Waals surface area contributed by atoms with Gasteiger partial charge in [0.05, 0.1) is 5.41 Å². The molecule has 1 atom stereocenters. The highest BCUT2D eigenvalue weighted by atomic mass is 14.5. The number of terminal acetylenes is 1. The summed E-state index contributed by atoms with van der Waals surface area (Å²) in [6, 6.07) is 54.4. The van der Waals surface area contributed by atoms with Crippen molar-refractivity contribution >= 4 is 22.3 Å². The summed E-state index contributed by atoms with van der Waals surface area (Å²) in [5.41, 5.74) is 20.8. The Morgan fingerprint density at radius 3 is 1.74 bits per heavy atom. The molecule has 0 N–H and O–H groups in total. The van der Waals surface area contributed by atoms with E-state index in [1.165, 1.54) is 83.5 Å². The Kier molecular flexibility index (Phi) is 15.8. The van der Waals surface area contributed by atoms with E-state index in [2.05, 4.69) is 223 Å². The van der Waals surface area contributed by atoms with Crippen molar-refractivity contribution in [2.45, 2.75) is 59.8 Å². The third-order valence-corrected chi connectivity index (χ3v) is 11.4. The van der Waals surface area contributed by atoms with E-state index in [0.29, 0.717) is 0 Å².